The van der Waals surface area contributed by atoms with E-state index in [-0.39, 0.29) is 0 Å². The number of anilines is 2. The maximum atomic E-state index is 5.18. The van der Waals surface area contributed by atoms with Crippen LogP contribution in [0.15, 0.2) is 188 Å². The molecular formula is C46H32N4. The molecule has 1 aromatic heterocycles. The van der Waals surface area contributed by atoms with E-state index in [0.29, 0.717) is 17.5 Å². The summed E-state index contributed by atoms with van der Waals surface area (Å²) in [5.41, 5.74) is 11.3. The smallest absolute Gasteiger partial charge is 0.164 e. The lowest BCUT2D eigenvalue weighted by Gasteiger charge is -2.42. The Hall–Kier alpha value is -6.65. The summed E-state index contributed by atoms with van der Waals surface area (Å²) in [5.74, 6) is 1.88. The summed E-state index contributed by atoms with van der Waals surface area (Å²) in [7, 11) is 0. The Morgan fingerprint density at radius 1 is 0.340 bits per heavy atom. The van der Waals surface area contributed by atoms with Gasteiger partial charge in [0.1, 0.15) is 0 Å². The van der Waals surface area contributed by atoms with Crippen molar-refractivity contribution in [1.29, 1.82) is 0 Å². The minimum absolute atomic E-state index is 0.535. The van der Waals surface area contributed by atoms with Crippen molar-refractivity contribution in [2.75, 3.05) is 5.32 Å². The van der Waals surface area contributed by atoms with Gasteiger partial charge in [-0.3, -0.25) is 0 Å². The fourth-order valence-electron chi connectivity index (χ4n) is 7.38. The monoisotopic (exact) mass is 640 g/mol. The number of benzene rings is 7. The maximum absolute atomic E-state index is 5.18. The highest BCUT2D eigenvalue weighted by atomic mass is 15.0. The first kappa shape index (κ1) is 29.5. The van der Waals surface area contributed by atoms with Crippen LogP contribution in [0.3, 0.4) is 0 Å². The van der Waals surface area contributed by atoms with Gasteiger partial charge in [-0.1, -0.05) is 176 Å². The van der Waals surface area contributed by atoms with Crippen LogP contribution < -0.4 is 5.32 Å². The van der Waals surface area contributed by atoms with E-state index >= 15 is 0 Å². The van der Waals surface area contributed by atoms with E-state index < -0.39 is 5.41 Å². The van der Waals surface area contributed by atoms with Crippen LogP contribution in [0.1, 0.15) is 22.3 Å². The number of fused-ring (bicyclic) bond motifs is 2. The lowest BCUT2D eigenvalue weighted by Crippen LogP contribution is -2.35. The highest BCUT2D eigenvalue weighted by Gasteiger charge is 2.44. The van der Waals surface area contributed by atoms with Gasteiger partial charge < -0.3 is 5.32 Å². The van der Waals surface area contributed by atoms with Crippen LogP contribution in [0.25, 0.3) is 45.3 Å². The summed E-state index contributed by atoms with van der Waals surface area (Å²) in [6.45, 7) is 0. The quantitative estimate of drug-likeness (QED) is 0.196. The highest BCUT2D eigenvalue weighted by molar-refractivity contribution is 5.85. The summed E-state index contributed by atoms with van der Waals surface area (Å²) in [6.07, 6.45) is 0. The topological polar surface area (TPSA) is 50.7 Å². The molecule has 0 fully saturated rings. The average molecular weight is 641 g/mol. The molecule has 0 bridgehead atoms. The Kier molecular flexibility index (Phi) is 7.33. The molecular weight excluding hydrogens is 609 g/mol. The van der Waals surface area contributed by atoms with Gasteiger partial charge in [0.25, 0.3) is 0 Å². The number of hydrogen-bond donors (Lipinski definition) is 1. The summed E-state index contributed by atoms with van der Waals surface area (Å²) in [4.78, 5) is 15.3. The maximum Gasteiger partial charge on any atom is 0.164 e. The Morgan fingerprint density at radius 2 is 0.820 bits per heavy atom. The van der Waals surface area contributed by atoms with Gasteiger partial charge in [0.05, 0.1) is 5.41 Å². The van der Waals surface area contributed by atoms with Gasteiger partial charge in [-0.05, 0) is 45.5 Å². The molecule has 1 aliphatic rings. The van der Waals surface area contributed by atoms with Gasteiger partial charge in [-0.25, -0.2) is 15.0 Å². The van der Waals surface area contributed by atoms with Crippen molar-refractivity contribution in [1.82, 2.24) is 15.0 Å². The van der Waals surface area contributed by atoms with Crippen LogP contribution in [-0.2, 0) is 5.41 Å². The van der Waals surface area contributed by atoms with E-state index in [2.05, 4.69) is 151 Å². The molecule has 1 aliphatic heterocycles. The lowest BCUT2D eigenvalue weighted by atomic mass is 9.63. The fourth-order valence-corrected chi connectivity index (χ4v) is 7.38. The van der Waals surface area contributed by atoms with E-state index in [1.54, 1.807) is 0 Å². The van der Waals surface area contributed by atoms with Crippen LogP contribution in [0.2, 0.25) is 0 Å². The standard InChI is InChI=1S/C46H32N4/c1-5-17-32(18-6-1)37-25-13-14-26-38(37)45-49-43(33-19-7-2-8-20-33)48-44(50-45)34-29-30-40-42(31-34)47-41-28-16-15-27-39(41)46(40,35-21-9-3-10-22-35)36-23-11-4-12-24-36/h1-31,47H. The number of nitrogens with zero attached hydrogens (tertiary/aromatic N) is 3. The van der Waals surface area contributed by atoms with Crippen molar-refractivity contribution in [3.05, 3.63) is 210 Å². The first-order valence-electron chi connectivity index (χ1n) is 16.9. The van der Waals surface area contributed by atoms with E-state index in [1.165, 1.54) is 22.3 Å². The molecule has 0 radical (unpaired) electrons. The molecule has 9 rings (SSSR count). The number of hydrogen-bond acceptors (Lipinski definition) is 4. The minimum atomic E-state index is -0.535. The zero-order chi connectivity index (χ0) is 33.3. The zero-order valence-corrected chi connectivity index (χ0v) is 27.2. The number of para-hydroxylation sites is 1. The van der Waals surface area contributed by atoms with Crippen molar-refractivity contribution in [3.63, 3.8) is 0 Å². The molecule has 0 aliphatic carbocycles. The molecule has 4 heteroatoms. The predicted molar refractivity (Wildman–Crippen MR) is 203 cm³/mol. The van der Waals surface area contributed by atoms with E-state index in [1.807, 2.05) is 42.5 Å². The van der Waals surface area contributed by atoms with Gasteiger partial charge in [-0.2, -0.15) is 0 Å². The average Bonchev–Trinajstić information content (AvgIpc) is 3.21. The third kappa shape index (κ3) is 4.97. The summed E-state index contributed by atoms with van der Waals surface area (Å²) < 4.78 is 0. The second kappa shape index (κ2) is 12.4. The number of nitrogens with one attached hydrogen (secondary N) is 1. The van der Waals surface area contributed by atoms with Crippen LogP contribution in [-0.4, -0.2) is 15.0 Å². The minimum Gasteiger partial charge on any atom is -0.355 e. The number of aromatic nitrogens is 3. The Labute approximate surface area is 291 Å². The van der Waals surface area contributed by atoms with Crippen molar-refractivity contribution in [2.24, 2.45) is 0 Å². The SMILES string of the molecule is c1ccc(-c2nc(-c3ccc4c(c3)Nc3ccccc3C4(c3ccccc3)c3ccccc3)nc(-c3ccccc3-c3ccccc3)n2)cc1. The first-order chi connectivity index (χ1) is 24.8. The van der Waals surface area contributed by atoms with Crippen molar-refractivity contribution in [2.45, 2.75) is 5.41 Å². The summed E-state index contributed by atoms with van der Waals surface area (Å²) in [5, 5.41) is 3.80. The van der Waals surface area contributed by atoms with Crippen LogP contribution in [0.4, 0.5) is 11.4 Å². The van der Waals surface area contributed by atoms with Crippen molar-refractivity contribution >= 4 is 11.4 Å². The molecule has 0 saturated carbocycles. The molecule has 0 atom stereocenters. The Morgan fingerprint density at radius 3 is 1.48 bits per heavy atom. The molecule has 0 amide bonds. The Balaban J connectivity index is 1.27. The highest BCUT2D eigenvalue weighted by Crippen LogP contribution is 2.54. The van der Waals surface area contributed by atoms with E-state index in [0.717, 1.165) is 39.2 Å². The molecule has 1 N–H and O–H groups in total. The third-order valence-corrected chi connectivity index (χ3v) is 9.62. The Bertz CT molecular complexity index is 2400. The molecule has 8 aromatic rings. The second-order valence-electron chi connectivity index (χ2n) is 12.5. The molecule has 7 aromatic carbocycles. The van der Waals surface area contributed by atoms with Gasteiger partial charge in [0.2, 0.25) is 0 Å². The molecule has 0 unspecified atom stereocenters. The van der Waals surface area contributed by atoms with Crippen LogP contribution in [0, 0.1) is 0 Å². The fraction of sp³-hybridized carbons (Fsp3) is 0.0217. The third-order valence-electron chi connectivity index (χ3n) is 9.62. The molecule has 0 saturated heterocycles. The molecule has 4 nitrogen and oxygen atoms in total. The first-order valence-corrected chi connectivity index (χ1v) is 16.9. The molecule has 0 spiro atoms. The van der Waals surface area contributed by atoms with Gasteiger partial charge >= 0.3 is 0 Å². The predicted octanol–water partition coefficient (Wildman–Crippen LogP) is 11.0. The molecule has 50 heavy (non-hydrogen) atoms. The van der Waals surface area contributed by atoms with E-state index in [4.69, 9.17) is 15.0 Å². The van der Waals surface area contributed by atoms with Crippen molar-refractivity contribution in [3.8, 4) is 45.3 Å². The van der Waals surface area contributed by atoms with Gasteiger partial charge in [0, 0.05) is 28.1 Å². The van der Waals surface area contributed by atoms with Gasteiger partial charge in [-0.15, -0.1) is 0 Å². The largest absolute Gasteiger partial charge is 0.355 e. The van der Waals surface area contributed by atoms with Crippen LogP contribution in [0.5, 0.6) is 0 Å². The summed E-state index contributed by atoms with van der Waals surface area (Å²) in [6, 6.07) is 65.7. The normalized spacial score (nSPS) is 12.7. The lowest BCUT2D eigenvalue weighted by molar-refractivity contribution is 0.740. The summed E-state index contributed by atoms with van der Waals surface area (Å²) >= 11 is 0. The number of rotatable bonds is 6. The molecule has 236 valence electrons. The van der Waals surface area contributed by atoms with Crippen molar-refractivity contribution < 1.29 is 0 Å². The molecule has 2 heterocycles. The zero-order valence-electron chi connectivity index (χ0n) is 27.2. The second-order valence-corrected chi connectivity index (χ2v) is 12.5. The van der Waals surface area contributed by atoms with Gasteiger partial charge in [0.15, 0.2) is 17.5 Å². The van der Waals surface area contributed by atoms with Crippen LogP contribution >= 0.6 is 0 Å². The van der Waals surface area contributed by atoms with E-state index in [9.17, 15) is 0 Å².